The lowest BCUT2D eigenvalue weighted by atomic mass is 9.80. The molecule has 5 heteroatoms. The van der Waals surface area contributed by atoms with E-state index in [-0.39, 0.29) is 17.9 Å². The number of benzene rings is 1. The van der Waals surface area contributed by atoms with Crippen molar-refractivity contribution in [3.05, 3.63) is 41.6 Å². The first-order chi connectivity index (χ1) is 13.0. The Morgan fingerprint density at radius 2 is 2.11 bits per heavy atom. The van der Waals surface area contributed by atoms with E-state index in [1.807, 2.05) is 6.92 Å². The van der Waals surface area contributed by atoms with Gasteiger partial charge < -0.3 is 10.3 Å². The van der Waals surface area contributed by atoms with Gasteiger partial charge in [-0.25, -0.2) is 0 Å². The fourth-order valence-electron chi connectivity index (χ4n) is 4.61. The Morgan fingerprint density at radius 1 is 1.30 bits per heavy atom. The molecule has 27 heavy (non-hydrogen) atoms. The molecule has 1 aromatic carbocycles. The fraction of sp³-hybridized carbons (Fsp3) is 0.455. The number of rotatable bonds is 6. The molecule has 0 fully saturated rings. The summed E-state index contributed by atoms with van der Waals surface area (Å²) in [6.45, 7) is 3.45. The maximum Gasteiger partial charge on any atom is 0.225 e. The number of likely N-dealkylation sites (N-methyl/N-ethyl adjacent to an activating group) is 1. The molecule has 1 aliphatic carbocycles. The fourth-order valence-corrected chi connectivity index (χ4v) is 4.61. The number of fused-ring (bicyclic) bond motifs is 2. The summed E-state index contributed by atoms with van der Waals surface area (Å²) in [5.74, 6) is -0.170. The molecule has 0 unspecified atom stereocenters. The molecule has 4 rings (SSSR count). The first kappa shape index (κ1) is 18.0. The highest BCUT2D eigenvalue weighted by Crippen LogP contribution is 2.41. The third-order valence-electron chi connectivity index (χ3n) is 6.08. The minimum atomic E-state index is -0.260. The molecule has 0 radical (unpaired) electrons. The summed E-state index contributed by atoms with van der Waals surface area (Å²) >= 11 is 0. The van der Waals surface area contributed by atoms with Gasteiger partial charge in [-0.1, -0.05) is 25.1 Å². The highest BCUT2D eigenvalue weighted by Gasteiger charge is 2.35. The summed E-state index contributed by atoms with van der Waals surface area (Å²) in [6, 6.07) is 6.69. The number of ketones is 1. The lowest BCUT2D eigenvalue weighted by molar-refractivity contribution is -0.121. The second-order valence-electron chi connectivity index (χ2n) is 7.83. The van der Waals surface area contributed by atoms with Crippen LogP contribution in [0.2, 0.25) is 0 Å². The van der Waals surface area contributed by atoms with Gasteiger partial charge in [0.05, 0.1) is 5.92 Å². The number of Topliss-reactive ketones (excluding diaryl/α,β-unsaturated/α-hetero) is 1. The molecule has 142 valence electrons. The van der Waals surface area contributed by atoms with E-state index in [4.69, 9.17) is 5.73 Å². The molecular weight excluding hydrogens is 338 g/mol. The highest BCUT2D eigenvalue weighted by molar-refractivity contribution is 5.99. The number of aryl methyl sites for hydroxylation is 1. The van der Waals surface area contributed by atoms with Crippen LogP contribution in [-0.4, -0.2) is 40.8 Å². The predicted octanol–water partition coefficient (Wildman–Crippen LogP) is 2.76. The summed E-state index contributed by atoms with van der Waals surface area (Å²) in [5, 5.41) is 1.29. The van der Waals surface area contributed by atoms with Crippen molar-refractivity contribution < 1.29 is 9.59 Å². The maximum atomic E-state index is 11.8. The minimum Gasteiger partial charge on any atom is -0.369 e. The van der Waals surface area contributed by atoms with Gasteiger partial charge in [-0.05, 0) is 42.7 Å². The average molecular weight is 365 g/mol. The SMILES string of the molecule is CCC(=O)CCCn1cc2c3c(cccc31)C1=C[C@@H](C(N)=O)CN(C)[C@@H]1C2. The average Bonchev–Trinajstić information content (AvgIpc) is 3.01. The van der Waals surface area contributed by atoms with Crippen molar-refractivity contribution in [2.24, 2.45) is 11.7 Å². The molecule has 1 aromatic heterocycles. The zero-order chi connectivity index (χ0) is 19.1. The maximum absolute atomic E-state index is 11.8. The summed E-state index contributed by atoms with van der Waals surface area (Å²) in [6.07, 6.45) is 7.42. The van der Waals surface area contributed by atoms with Crippen LogP contribution in [-0.2, 0) is 22.6 Å². The number of hydrogen-bond acceptors (Lipinski definition) is 3. The molecule has 0 spiro atoms. The Kier molecular flexibility index (Phi) is 4.64. The number of nitrogens with two attached hydrogens (primary N) is 1. The van der Waals surface area contributed by atoms with E-state index in [2.05, 4.69) is 47.0 Å². The zero-order valence-corrected chi connectivity index (χ0v) is 16.1. The van der Waals surface area contributed by atoms with E-state index in [1.165, 1.54) is 27.6 Å². The second-order valence-corrected chi connectivity index (χ2v) is 7.83. The molecule has 0 saturated heterocycles. The van der Waals surface area contributed by atoms with Crippen LogP contribution >= 0.6 is 0 Å². The Morgan fingerprint density at radius 3 is 2.85 bits per heavy atom. The van der Waals surface area contributed by atoms with Crippen LogP contribution in [0.1, 0.15) is 37.3 Å². The van der Waals surface area contributed by atoms with Crippen molar-refractivity contribution in [3.63, 3.8) is 0 Å². The van der Waals surface area contributed by atoms with Crippen molar-refractivity contribution in [2.45, 2.75) is 45.2 Å². The van der Waals surface area contributed by atoms with Crippen molar-refractivity contribution >= 4 is 28.2 Å². The van der Waals surface area contributed by atoms with Gasteiger partial charge in [-0.2, -0.15) is 0 Å². The van der Waals surface area contributed by atoms with Crippen LogP contribution in [0.5, 0.6) is 0 Å². The Hall–Kier alpha value is -2.40. The van der Waals surface area contributed by atoms with Crippen molar-refractivity contribution in [1.29, 1.82) is 0 Å². The van der Waals surface area contributed by atoms with Crippen LogP contribution in [0.3, 0.4) is 0 Å². The molecular formula is C22H27N3O2. The summed E-state index contributed by atoms with van der Waals surface area (Å²) in [4.78, 5) is 25.7. The van der Waals surface area contributed by atoms with Crippen LogP contribution in [0.15, 0.2) is 30.5 Å². The van der Waals surface area contributed by atoms with Crippen molar-refractivity contribution in [3.8, 4) is 0 Å². The molecule has 2 aliphatic rings. The third kappa shape index (κ3) is 3.10. The van der Waals surface area contributed by atoms with E-state index < -0.39 is 0 Å². The van der Waals surface area contributed by atoms with Gasteiger partial charge in [-0.15, -0.1) is 0 Å². The minimum absolute atomic E-state index is 0.236. The standard InChI is InChI=1S/C22H27N3O2/c1-3-16(26)6-5-9-25-13-14-11-20-18(10-15(22(23)27)12-24(20)2)17-7-4-8-19(25)21(14)17/h4,7-8,10,13,15,20H,3,5-6,9,11-12H2,1-2H3,(H2,23,27)/t15-,20-/m1/s1. The van der Waals surface area contributed by atoms with Crippen molar-refractivity contribution in [1.82, 2.24) is 9.47 Å². The van der Waals surface area contributed by atoms with Crippen molar-refractivity contribution in [2.75, 3.05) is 13.6 Å². The molecule has 2 N–H and O–H groups in total. The number of primary amides is 1. The Bertz CT molecular complexity index is 940. The molecule has 1 aliphatic heterocycles. The summed E-state index contributed by atoms with van der Waals surface area (Å²) in [7, 11) is 2.08. The molecule has 0 saturated carbocycles. The normalized spacial score (nSPS) is 21.8. The second kappa shape index (κ2) is 6.97. The van der Waals surface area contributed by atoms with Crippen LogP contribution in [0.4, 0.5) is 0 Å². The number of carbonyl (C=O) groups is 2. The third-order valence-corrected chi connectivity index (χ3v) is 6.08. The summed E-state index contributed by atoms with van der Waals surface area (Å²) in [5.41, 5.74) is 10.6. The number of aromatic nitrogens is 1. The Balaban J connectivity index is 1.73. The largest absolute Gasteiger partial charge is 0.369 e. The van der Waals surface area contributed by atoms with Gasteiger partial charge in [0, 0.05) is 49.1 Å². The molecule has 2 heterocycles. The van der Waals surface area contributed by atoms with E-state index in [1.54, 1.807) is 0 Å². The van der Waals surface area contributed by atoms with Gasteiger partial charge in [0.2, 0.25) is 5.91 Å². The van der Waals surface area contributed by atoms with Gasteiger partial charge in [0.15, 0.2) is 0 Å². The van der Waals surface area contributed by atoms with Crippen LogP contribution < -0.4 is 5.73 Å². The highest BCUT2D eigenvalue weighted by atomic mass is 16.1. The smallest absolute Gasteiger partial charge is 0.225 e. The van der Waals surface area contributed by atoms with Gasteiger partial charge in [0.25, 0.3) is 0 Å². The topological polar surface area (TPSA) is 68.3 Å². The van der Waals surface area contributed by atoms with Gasteiger partial charge in [-0.3, -0.25) is 14.5 Å². The lowest BCUT2D eigenvalue weighted by Gasteiger charge is -2.39. The molecule has 2 aromatic rings. The predicted molar refractivity (Wildman–Crippen MR) is 107 cm³/mol. The van der Waals surface area contributed by atoms with E-state index >= 15 is 0 Å². The monoisotopic (exact) mass is 365 g/mol. The number of hydrogen-bond donors (Lipinski definition) is 1. The lowest BCUT2D eigenvalue weighted by Crippen LogP contribution is -2.45. The summed E-state index contributed by atoms with van der Waals surface area (Å²) < 4.78 is 2.29. The van der Waals surface area contributed by atoms with Gasteiger partial charge in [0.1, 0.15) is 5.78 Å². The molecule has 0 bridgehead atoms. The molecule has 1 amide bonds. The number of carbonyl (C=O) groups excluding carboxylic acids is 2. The Labute approximate surface area is 159 Å². The van der Waals surface area contributed by atoms with E-state index in [0.29, 0.717) is 25.2 Å². The first-order valence-electron chi connectivity index (χ1n) is 9.83. The van der Waals surface area contributed by atoms with Gasteiger partial charge >= 0.3 is 0 Å². The first-order valence-corrected chi connectivity index (χ1v) is 9.83. The number of nitrogens with zero attached hydrogens (tertiary/aromatic N) is 2. The van der Waals surface area contributed by atoms with Crippen LogP contribution in [0.25, 0.3) is 16.5 Å². The molecule has 5 nitrogen and oxygen atoms in total. The van der Waals surface area contributed by atoms with Crippen LogP contribution in [0, 0.1) is 5.92 Å². The molecule has 2 atom stereocenters. The number of amides is 1. The van der Waals surface area contributed by atoms with E-state index in [9.17, 15) is 9.59 Å². The van der Waals surface area contributed by atoms with E-state index in [0.717, 1.165) is 19.4 Å². The quantitative estimate of drug-likeness (QED) is 0.856. The zero-order valence-electron chi connectivity index (χ0n) is 16.1.